The molecule has 52 valence electrons. The SMILES string of the molecule is [Au+].[S-]C1CCCCS1. The van der Waals surface area contributed by atoms with Crippen LogP contribution in [0.3, 0.4) is 0 Å². The van der Waals surface area contributed by atoms with E-state index in [1.807, 2.05) is 11.8 Å². The van der Waals surface area contributed by atoms with Crippen LogP contribution in [0.4, 0.5) is 0 Å². The number of rotatable bonds is 0. The van der Waals surface area contributed by atoms with E-state index in [2.05, 4.69) is 0 Å². The molecule has 1 aliphatic heterocycles. The van der Waals surface area contributed by atoms with Crippen LogP contribution >= 0.6 is 11.8 Å². The summed E-state index contributed by atoms with van der Waals surface area (Å²) in [5.74, 6) is 1.30. The maximum absolute atomic E-state index is 5.05. The van der Waals surface area contributed by atoms with Gasteiger partial charge in [0.2, 0.25) is 0 Å². The van der Waals surface area contributed by atoms with E-state index in [4.69, 9.17) is 12.6 Å². The number of thioether (sulfide) groups is 1. The van der Waals surface area contributed by atoms with Crippen molar-refractivity contribution in [3.05, 3.63) is 0 Å². The summed E-state index contributed by atoms with van der Waals surface area (Å²) < 4.78 is 0.536. The van der Waals surface area contributed by atoms with Crippen LogP contribution in [0.25, 0.3) is 0 Å². The molecule has 0 aliphatic carbocycles. The summed E-state index contributed by atoms with van der Waals surface area (Å²) in [6.45, 7) is 0. The summed E-state index contributed by atoms with van der Waals surface area (Å²) in [6, 6.07) is 0. The molecule has 0 saturated carbocycles. The van der Waals surface area contributed by atoms with Crippen molar-refractivity contribution in [3.63, 3.8) is 0 Å². The van der Waals surface area contributed by atoms with Gasteiger partial charge in [-0.15, -0.1) is 4.58 Å². The van der Waals surface area contributed by atoms with E-state index in [0.29, 0.717) is 4.58 Å². The van der Waals surface area contributed by atoms with Gasteiger partial charge in [0.05, 0.1) is 0 Å². The number of hydrogen-bond donors (Lipinski definition) is 0. The van der Waals surface area contributed by atoms with E-state index in [-0.39, 0.29) is 22.4 Å². The monoisotopic (exact) mass is 330 g/mol. The molecule has 0 aromatic rings. The van der Waals surface area contributed by atoms with Crippen LogP contribution in [-0.2, 0) is 35.0 Å². The van der Waals surface area contributed by atoms with E-state index in [9.17, 15) is 0 Å². The second-order valence-electron chi connectivity index (χ2n) is 1.80. The third-order valence-electron chi connectivity index (χ3n) is 1.14. The number of hydrogen-bond acceptors (Lipinski definition) is 2. The fourth-order valence-corrected chi connectivity index (χ4v) is 2.13. The quantitative estimate of drug-likeness (QED) is 0.491. The molecular weight excluding hydrogens is 321 g/mol. The summed E-state index contributed by atoms with van der Waals surface area (Å²) in [5, 5.41) is 0. The first-order chi connectivity index (χ1) is 3.39. The van der Waals surface area contributed by atoms with Crippen molar-refractivity contribution in [1.82, 2.24) is 0 Å². The largest absolute Gasteiger partial charge is 1.00 e. The molecule has 1 saturated heterocycles. The zero-order valence-corrected chi connectivity index (χ0v) is 8.32. The summed E-state index contributed by atoms with van der Waals surface area (Å²) >= 11 is 6.98. The van der Waals surface area contributed by atoms with Gasteiger partial charge in [-0.05, 0) is 12.2 Å². The van der Waals surface area contributed by atoms with E-state index in [1.165, 1.54) is 25.0 Å². The Balaban J connectivity index is 0.000000490. The van der Waals surface area contributed by atoms with Crippen LogP contribution in [0.2, 0.25) is 0 Å². The van der Waals surface area contributed by atoms with Gasteiger partial charge < -0.3 is 12.6 Å². The smallest absolute Gasteiger partial charge is 0.779 e. The molecule has 0 radical (unpaired) electrons. The van der Waals surface area contributed by atoms with Crippen LogP contribution in [0.1, 0.15) is 19.3 Å². The Morgan fingerprint density at radius 3 is 2.38 bits per heavy atom. The van der Waals surface area contributed by atoms with Gasteiger partial charge in [-0.25, -0.2) is 0 Å². The average molecular weight is 330 g/mol. The first-order valence-corrected chi connectivity index (χ1v) is 4.19. The summed E-state index contributed by atoms with van der Waals surface area (Å²) in [5.41, 5.74) is 0. The molecule has 1 rings (SSSR count). The van der Waals surface area contributed by atoms with Crippen LogP contribution in [-0.4, -0.2) is 10.3 Å². The van der Waals surface area contributed by atoms with Gasteiger partial charge in [-0.1, -0.05) is 12.8 Å². The van der Waals surface area contributed by atoms with Gasteiger partial charge >= 0.3 is 22.4 Å². The minimum atomic E-state index is 0. The molecule has 0 nitrogen and oxygen atoms in total. The van der Waals surface area contributed by atoms with E-state index >= 15 is 0 Å². The van der Waals surface area contributed by atoms with Crippen molar-refractivity contribution in [1.29, 1.82) is 0 Å². The van der Waals surface area contributed by atoms with Gasteiger partial charge in [0.25, 0.3) is 0 Å². The molecule has 0 amide bonds. The normalized spacial score (nSPS) is 28.9. The van der Waals surface area contributed by atoms with Crippen LogP contribution in [0, 0.1) is 0 Å². The van der Waals surface area contributed by atoms with E-state index in [1.54, 1.807) is 0 Å². The summed E-state index contributed by atoms with van der Waals surface area (Å²) in [6.07, 6.45) is 4.01. The molecule has 1 unspecified atom stereocenters. The second kappa shape index (κ2) is 5.24. The molecule has 3 heteroatoms. The van der Waals surface area contributed by atoms with Crippen molar-refractivity contribution >= 4 is 24.4 Å². The van der Waals surface area contributed by atoms with Gasteiger partial charge in [-0.3, -0.25) is 0 Å². The Kier molecular flexibility index (Phi) is 6.19. The molecule has 0 N–H and O–H groups in total. The standard InChI is InChI=1S/C5H10S2.Au/c6-5-3-1-2-4-7-5;/h5-6H,1-4H2;/q;+1/p-1. The first-order valence-electron chi connectivity index (χ1n) is 2.67. The summed E-state index contributed by atoms with van der Waals surface area (Å²) in [4.78, 5) is 0. The van der Waals surface area contributed by atoms with E-state index < -0.39 is 0 Å². The topological polar surface area (TPSA) is 0 Å². The van der Waals surface area contributed by atoms with Gasteiger partial charge in [0.1, 0.15) is 0 Å². The molecule has 0 bridgehead atoms. The summed E-state index contributed by atoms with van der Waals surface area (Å²) in [7, 11) is 0. The van der Waals surface area contributed by atoms with Gasteiger partial charge in [-0.2, -0.15) is 11.8 Å². The zero-order valence-electron chi connectivity index (χ0n) is 4.52. The van der Waals surface area contributed by atoms with Gasteiger partial charge in [0, 0.05) is 0 Å². The average Bonchev–Trinajstić information content (AvgIpc) is 1.69. The molecule has 0 aromatic heterocycles. The van der Waals surface area contributed by atoms with Crippen LogP contribution in [0.5, 0.6) is 0 Å². The fourth-order valence-electron chi connectivity index (χ4n) is 0.711. The Hall–Kier alpha value is 1.44. The second-order valence-corrected chi connectivity index (χ2v) is 3.97. The Morgan fingerprint density at radius 1 is 1.38 bits per heavy atom. The van der Waals surface area contributed by atoms with Crippen molar-refractivity contribution < 1.29 is 22.4 Å². The van der Waals surface area contributed by atoms with Crippen molar-refractivity contribution in [2.75, 3.05) is 5.75 Å². The Labute approximate surface area is 76.1 Å². The minimum Gasteiger partial charge on any atom is -0.779 e. The molecule has 0 aromatic carbocycles. The van der Waals surface area contributed by atoms with Crippen molar-refractivity contribution in [2.45, 2.75) is 23.8 Å². The zero-order chi connectivity index (χ0) is 5.11. The predicted octanol–water partition coefficient (Wildman–Crippen LogP) is 1.77. The molecule has 1 atom stereocenters. The van der Waals surface area contributed by atoms with Crippen LogP contribution in [0.15, 0.2) is 0 Å². The molecule has 1 aliphatic rings. The predicted molar refractivity (Wildman–Crippen MR) is 37.5 cm³/mol. The molecule has 8 heavy (non-hydrogen) atoms. The molecular formula is C5H9AuS2. The van der Waals surface area contributed by atoms with Gasteiger partial charge in [0.15, 0.2) is 0 Å². The van der Waals surface area contributed by atoms with Crippen LogP contribution < -0.4 is 0 Å². The molecule has 0 spiro atoms. The maximum atomic E-state index is 5.05. The fraction of sp³-hybridized carbons (Fsp3) is 1.00. The molecule has 1 heterocycles. The third kappa shape index (κ3) is 3.46. The van der Waals surface area contributed by atoms with E-state index in [0.717, 1.165) is 0 Å². The Bertz CT molecular complexity index is 52.4. The first kappa shape index (κ1) is 9.44. The van der Waals surface area contributed by atoms with Crippen molar-refractivity contribution in [2.24, 2.45) is 0 Å². The Morgan fingerprint density at radius 2 is 2.12 bits per heavy atom. The minimum absolute atomic E-state index is 0. The maximum Gasteiger partial charge on any atom is 1.00 e. The van der Waals surface area contributed by atoms with Crippen molar-refractivity contribution in [3.8, 4) is 0 Å². The third-order valence-corrected chi connectivity index (χ3v) is 2.91. The molecule has 1 fully saturated rings.